The van der Waals surface area contributed by atoms with E-state index in [9.17, 15) is 62.7 Å². The van der Waals surface area contributed by atoms with Gasteiger partial charge < -0.3 is 56.9 Å². The van der Waals surface area contributed by atoms with Gasteiger partial charge in [-0.15, -0.1) is 0 Å². The zero-order chi connectivity index (χ0) is 51.2. The number of hydrogen-bond acceptors (Lipinski definition) is 13. The van der Waals surface area contributed by atoms with Crippen molar-refractivity contribution in [2.24, 2.45) is 17.1 Å². The van der Waals surface area contributed by atoms with Gasteiger partial charge in [-0.3, -0.25) is 52.5 Å². The van der Waals surface area contributed by atoms with Crippen molar-refractivity contribution in [3.8, 4) is 0 Å². The van der Waals surface area contributed by atoms with Crippen LogP contribution in [0.4, 0.5) is 0 Å². The fourth-order valence-corrected chi connectivity index (χ4v) is 8.16. The van der Waals surface area contributed by atoms with Crippen molar-refractivity contribution in [3.63, 3.8) is 0 Å². The van der Waals surface area contributed by atoms with Gasteiger partial charge in [-0.2, -0.15) is 0 Å². The molecule has 7 amide bonds. The average Bonchev–Trinajstić information content (AvgIpc) is 3.21. The highest BCUT2D eigenvalue weighted by Crippen LogP contribution is 2.47. The van der Waals surface area contributed by atoms with Crippen LogP contribution in [-0.4, -0.2) is 125 Å². The highest BCUT2D eigenvalue weighted by atomic mass is 31.2. The van der Waals surface area contributed by atoms with Crippen molar-refractivity contribution >= 4 is 66.7 Å². The van der Waals surface area contributed by atoms with E-state index in [2.05, 4.69) is 31.9 Å². The molecule has 22 nitrogen and oxygen atoms in total. The Morgan fingerprint density at radius 3 is 1.72 bits per heavy atom. The highest BCUT2D eigenvalue weighted by Gasteiger charge is 2.39. The Hall–Kier alpha value is -5.73. The molecular formula is C44H70N7O15P. The van der Waals surface area contributed by atoms with E-state index >= 15 is 0 Å². The van der Waals surface area contributed by atoms with E-state index < -0.39 is 134 Å². The normalized spacial score (nSPS) is 14.2. The summed E-state index contributed by atoms with van der Waals surface area (Å²) >= 11 is 0. The molecule has 1 aromatic rings. The lowest BCUT2D eigenvalue weighted by atomic mass is 9.85. The molecule has 0 aliphatic carbocycles. The van der Waals surface area contributed by atoms with Crippen LogP contribution in [0.15, 0.2) is 24.3 Å². The second-order valence-electron chi connectivity index (χ2n) is 17.4. The minimum atomic E-state index is -4.01. The topological polar surface area (TPSA) is 345 Å². The van der Waals surface area contributed by atoms with E-state index in [1.165, 1.54) is 13.8 Å². The van der Waals surface area contributed by atoms with Crippen LogP contribution in [0.3, 0.4) is 0 Å². The highest BCUT2D eigenvalue weighted by molar-refractivity contribution is 7.54. The maximum absolute atomic E-state index is 14.4. The van der Waals surface area contributed by atoms with Crippen LogP contribution in [0.5, 0.6) is 0 Å². The molecule has 0 saturated carbocycles. The summed E-state index contributed by atoms with van der Waals surface area (Å²) in [4.78, 5) is 131. The van der Waals surface area contributed by atoms with Crippen LogP contribution < -0.4 is 37.6 Å². The number of benzene rings is 1. The number of amides is 7. The van der Waals surface area contributed by atoms with E-state index in [4.69, 9.17) is 14.8 Å². The van der Waals surface area contributed by atoms with Gasteiger partial charge in [0.15, 0.2) is 0 Å². The quantitative estimate of drug-likeness (QED) is 0.0375. The van der Waals surface area contributed by atoms with Crippen LogP contribution in [-0.2, 0) is 68.0 Å². The van der Waals surface area contributed by atoms with E-state index in [0.717, 1.165) is 0 Å². The monoisotopic (exact) mass is 967 g/mol. The summed E-state index contributed by atoms with van der Waals surface area (Å²) in [5, 5.41) is 34.0. The van der Waals surface area contributed by atoms with Gasteiger partial charge in [-0.25, -0.2) is 0 Å². The molecule has 0 aliphatic rings. The first-order valence-electron chi connectivity index (χ1n) is 22.2. The number of ketones is 1. The van der Waals surface area contributed by atoms with Crippen molar-refractivity contribution in [1.82, 2.24) is 31.9 Å². The lowest BCUT2D eigenvalue weighted by Crippen LogP contribution is -2.62. The second-order valence-corrected chi connectivity index (χ2v) is 19.5. The van der Waals surface area contributed by atoms with Crippen molar-refractivity contribution < 1.29 is 71.8 Å². The molecule has 10 N–H and O–H groups in total. The molecular weight excluding hydrogens is 897 g/mol. The first-order valence-corrected chi connectivity index (χ1v) is 23.9. The van der Waals surface area contributed by atoms with E-state index in [-0.39, 0.29) is 38.4 Å². The van der Waals surface area contributed by atoms with Crippen molar-refractivity contribution in [1.29, 1.82) is 0 Å². The Morgan fingerprint density at radius 1 is 0.687 bits per heavy atom. The molecule has 0 spiro atoms. The third-order valence-electron chi connectivity index (χ3n) is 10.1. The number of primary amides is 1. The number of hydrogen-bond donors (Lipinski definition) is 9. The molecule has 23 heteroatoms. The summed E-state index contributed by atoms with van der Waals surface area (Å²) in [6.07, 6.45) is -2.02. The number of carboxylic acid groups (broad SMARTS) is 2. The third kappa shape index (κ3) is 21.6. The zero-order valence-electron chi connectivity index (χ0n) is 39.9. The molecule has 6 atom stereocenters. The summed E-state index contributed by atoms with van der Waals surface area (Å²) in [7, 11) is -4.01. The van der Waals surface area contributed by atoms with Crippen molar-refractivity contribution in [2.75, 3.05) is 19.4 Å². The lowest BCUT2D eigenvalue weighted by molar-refractivity contribution is -0.141. The standard InChI is InChI=1S/C44H70N7O15P/c1-10-13-18-28(36(57)38(45)58)47-40(60)30(21-25(4)5)50-43(63)37(44(7,8)9)51-42(62)31(22-27-17-15-14-16-26(27)6)49-39(59)29(19-20-34(53)54)48-41(61)32(23-35(55)56)46-33(52)24-67(64,65-11-2)66-12-3/h14-17,25,28-32,37H,10-13,18-24H2,1-9H3,(H2,45,58)(H,46,52)(H,47,60)(H,48,61)(H,49,59)(H,50,63)(H,51,62)(H,53,54)(H,55,56)/t28-,29-,30-,31-,32-,37+/m0/s1. The first kappa shape index (κ1) is 59.3. The SMILES string of the molecule is CCCC[C@H](NC(=O)[C@H](CC(C)C)NC(=O)[C@@H](NC(=O)[C@H](Cc1ccccc1C)NC(=O)[C@H](CCC(=O)O)NC(=O)[C@H](CC(=O)O)NC(=O)CP(=O)(OCC)OCC)C(C)(C)C)C(=O)C(N)=O. The third-order valence-corrected chi connectivity index (χ3v) is 12.1. The minimum Gasteiger partial charge on any atom is -0.481 e. The molecule has 0 unspecified atom stereocenters. The van der Waals surface area contributed by atoms with Gasteiger partial charge >= 0.3 is 19.5 Å². The van der Waals surface area contributed by atoms with E-state index in [1.54, 1.807) is 65.8 Å². The predicted octanol–water partition coefficient (Wildman–Crippen LogP) is 1.39. The molecule has 0 aromatic heterocycles. The van der Waals surface area contributed by atoms with Crippen LogP contribution >= 0.6 is 7.60 Å². The summed E-state index contributed by atoms with van der Waals surface area (Å²) in [5.74, 6) is -11.2. The van der Waals surface area contributed by atoms with Gasteiger partial charge in [0.2, 0.25) is 41.2 Å². The van der Waals surface area contributed by atoms with Crippen molar-refractivity contribution in [3.05, 3.63) is 35.4 Å². The predicted molar refractivity (Wildman–Crippen MR) is 244 cm³/mol. The lowest BCUT2D eigenvalue weighted by Gasteiger charge is -2.34. The zero-order valence-corrected chi connectivity index (χ0v) is 40.7. The Balaban J connectivity index is 3.63. The largest absolute Gasteiger partial charge is 0.481 e. The number of carboxylic acids is 2. The van der Waals surface area contributed by atoms with Gasteiger partial charge in [0.05, 0.1) is 25.7 Å². The summed E-state index contributed by atoms with van der Waals surface area (Å²) in [6.45, 7) is 14.9. The molecule has 1 rings (SSSR count). The number of aliphatic carboxylic acids is 2. The molecule has 0 saturated heterocycles. The molecule has 0 bridgehead atoms. The van der Waals surface area contributed by atoms with Gasteiger partial charge in [0.1, 0.15) is 36.4 Å². The molecule has 0 fully saturated rings. The molecule has 0 heterocycles. The molecule has 376 valence electrons. The second kappa shape index (κ2) is 28.4. The van der Waals surface area contributed by atoms with Crippen LogP contribution in [0.2, 0.25) is 0 Å². The maximum atomic E-state index is 14.4. The number of Topliss-reactive ketones (excluding diaryl/α,β-unsaturated/α-hetero) is 1. The minimum absolute atomic E-state index is 0.0847. The summed E-state index contributed by atoms with van der Waals surface area (Å²) in [6, 6.07) is -2.13. The smallest absolute Gasteiger partial charge is 0.340 e. The van der Waals surface area contributed by atoms with Gasteiger partial charge in [-0.05, 0) is 62.5 Å². The van der Waals surface area contributed by atoms with Crippen LogP contribution in [0, 0.1) is 18.3 Å². The Bertz CT molecular complexity index is 1960. The summed E-state index contributed by atoms with van der Waals surface area (Å²) in [5.41, 5.74) is 5.46. The van der Waals surface area contributed by atoms with Gasteiger partial charge in [-0.1, -0.05) is 78.6 Å². The summed E-state index contributed by atoms with van der Waals surface area (Å²) < 4.78 is 23.2. The maximum Gasteiger partial charge on any atom is 0.340 e. The Labute approximate surface area is 391 Å². The molecule has 67 heavy (non-hydrogen) atoms. The van der Waals surface area contributed by atoms with E-state index in [0.29, 0.717) is 24.0 Å². The molecule has 0 radical (unpaired) electrons. The fourth-order valence-electron chi connectivity index (χ4n) is 6.67. The number of rotatable bonds is 31. The number of aryl methyl sites for hydroxylation is 1. The number of nitrogens with one attached hydrogen (secondary N) is 6. The van der Waals surface area contributed by atoms with Gasteiger partial charge in [0, 0.05) is 12.8 Å². The number of carbonyl (C=O) groups excluding carboxylic acids is 8. The Kier molecular flexibility index (Phi) is 25.2. The first-order chi connectivity index (χ1) is 31.2. The number of carbonyl (C=O) groups is 10. The van der Waals surface area contributed by atoms with Crippen molar-refractivity contribution in [2.45, 2.75) is 150 Å². The fraction of sp³-hybridized carbons (Fsp3) is 0.636. The number of nitrogens with two attached hydrogens (primary N) is 1. The molecule has 0 aliphatic heterocycles. The van der Waals surface area contributed by atoms with E-state index in [1.807, 2.05) is 6.92 Å². The number of unbranched alkanes of at least 4 members (excludes halogenated alkanes) is 1. The molecule has 1 aromatic carbocycles. The Morgan fingerprint density at radius 2 is 1.21 bits per heavy atom. The van der Waals surface area contributed by atoms with Gasteiger partial charge in [0.25, 0.3) is 5.91 Å². The van der Waals surface area contributed by atoms with Crippen LogP contribution in [0.25, 0.3) is 0 Å². The van der Waals surface area contributed by atoms with Crippen LogP contribution in [0.1, 0.15) is 111 Å². The average molecular weight is 968 g/mol.